The van der Waals surface area contributed by atoms with E-state index in [9.17, 15) is 4.79 Å². The average Bonchev–Trinajstić information content (AvgIpc) is 3.27. The van der Waals surface area contributed by atoms with Gasteiger partial charge in [-0.2, -0.15) is 0 Å². The van der Waals surface area contributed by atoms with E-state index in [4.69, 9.17) is 4.74 Å². The molecule has 2 aliphatic rings. The molecule has 1 aliphatic carbocycles. The first-order valence-electron chi connectivity index (χ1n) is 11.2. The van der Waals surface area contributed by atoms with E-state index in [2.05, 4.69) is 45.0 Å². The number of nitrogens with zero attached hydrogens (tertiary/aromatic N) is 3. The van der Waals surface area contributed by atoms with E-state index in [0.717, 1.165) is 45.0 Å². The number of carbonyl (C=O) groups excluding carboxylic acids is 1. The molecule has 8 heteroatoms. The minimum absolute atomic E-state index is 0.0107. The third-order valence-corrected chi connectivity index (χ3v) is 6.84. The molecule has 1 saturated heterocycles. The Labute approximate surface area is 184 Å². The molecule has 0 bridgehead atoms. The Morgan fingerprint density at radius 1 is 1.37 bits per heavy atom. The summed E-state index contributed by atoms with van der Waals surface area (Å²) in [5.41, 5.74) is 0. The molecule has 168 valence electrons. The Balaban J connectivity index is 1.68. The van der Waals surface area contributed by atoms with Gasteiger partial charge in [0.1, 0.15) is 6.54 Å². The predicted octanol–water partition coefficient (Wildman–Crippen LogP) is 2.47. The fourth-order valence-corrected chi connectivity index (χ4v) is 4.95. The van der Waals surface area contributed by atoms with Crippen molar-refractivity contribution in [3.8, 4) is 0 Å². The number of aliphatic imine (C=N–C) groups is 1. The Hall–Kier alpha value is -1.64. The van der Waals surface area contributed by atoms with Crippen molar-refractivity contribution < 1.29 is 9.53 Å². The molecule has 1 aliphatic heterocycles. The zero-order valence-corrected chi connectivity index (χ0v) is 19.4. The van der Waals surface area contributed by atoms with E-state index in [1.807, 2.05) is 0 Å². The number of ether oxygens (including phenoxy) is 1. The smallest absolute Gasteiger partial charge is 0.243 e. The van der Waals surface area contributed by atoms with Gasteiger partial charge in [0, 0.05) is 44.6 Å². The molecule has 7 nitrogen and oxygen atoms in total. The molecule has 2 heterocycles. The Morgan fingerprint density at radius 2 is 2.17 bits per heavy atom. The van der Waals surface area contributed by atoms with Gasteiger partial charge in [0.25, 0.3) is 0 Å². The molecular weight excluding hydrogens is 398 g/mol. The van der Waals surface area contributed by atoms with Crippen LogP contribution in [0.3, 0.4) is 0 Å². The van der Waals surface area contributed by atoms with Crippen LogP contribution in [0.25, 0.3) is 0 Å². The number of amides is 1. The quantitative estimate of drug-likeness (QED) is 0.509. The third-order valence-electron chi connectivity index (χ3n) is 5.86. The molecule has 1 aromatic heterocycles. The van der Waals surface area contributed by atoms with Crippen molar-refractivity contribution in [3.63, 3.8) is 0 Å². The van der Waals surface area contributed by atoms with Crippen LogP contribution in [-0.4, -0.2) is 80.7 Å². The summed E-state index contributed by atoms with van der Waals surface area (Å²) < 4.78 is 5.75. The Kier molecular flexibility index (Phi) is 8.96. The van der Waals surface area contributed by atoms with Gasteiger partial charge in [-0.1, -0.05) is 25.3 Å². The Bertz CT molecular complexity index is 673. The second kappa shape index (κ2) is 11.7. The number of likely N-dealkylation sites (N-methyl/N-ethyl adjacent to an activating group) is 1. The van der Waals surface area contributed by atoms with Gasteiger partial charge in [-0.25, -0.2) is 4.99 Å². The van der Waals surface area contributed by atoms with Crippen LogP contribution in [0, 0.1) is 0 Å². The SMILES string of the molecule is CC1CN(C(CNC(=NCC(=O)N(C)C)NC2CCCCC2)c2cccs2)CCO1. The summed E-state index contributed by atoms with van der Waals surface area (Å²) in [6.45, 7) is 5.66. The van der Waals surface area contributed by atoms with Gasteiger partial charge >= 0.3 is 0 Å². The van der Waals surface area contributed by atoms with Crippen LogP contribution in [0.5, 0.6) is 0 Å². The number of thiophene rings is 1. The van der Waals surface area contributed by atoms with Crippen LogP contribution >= 0.6 is 11.3 Å². The lowest BCUT2D eigenvalue weighted by atomic mass is 9.96. The molecule has 2 atom stereocenters. The van der Waals surface area contributed by atoms with E-state index < -0.39 is 0 Å². The largest absolute Gasteiger partial charge is 0.376 e. The maximum Gasteiger partial charge on any atom is 0.243 e. The van der Waals surface area contributed by atoms with Crippen molar-refractivity contribution in [3.05, 3.63) is 22.4 Å². The average molecular weight is 436 g/mol. The van der Waals surface area contributed by atoms with Gasteiger partial charge in [0.05, 0.1) is 18.8 Å². The Morgan fingerprint density at radius 3 is 2.83 bits per heavy atom. The second-order valence-corrected chi connectivity index (χ2v) is 9.50. The first-order chi connectivity index (χ1) is 14.5. The van der Waals surface area contributed by atoms with E-state index in [1.54, 1.807) is 30.3 Å². The van der Waals surface area contributed by atoms with Crippen molar-refractivity contribution in [2.24, 2.45) is 4.99 Å². The van der Waals surface area contributed by atoms with Crippen molar-refractivity contribution in [2.45, 2.75) is 57.2 Å². The lowest BCUT2D eigenvalue weighted by Crippen LogP contribution is -2.50. The second-order valence-electron chi connectivity index (χ2n) is 8.52. The standard InChI is InChI=1S/C22H37N5O2S/c1-17-16-27(11-12-29-17)19(20-10-7-13-30-20)14-23-22(24-15-21(28)26(2)3)25-18-8-5-4-6-9-18/h7,10,13,17-19H,4-6,8-9,11-12,14-16H2,1-3H3,(H2,23,24,25). The molecule has 3 rings (SSSR count). The van der Waals surface area contributed by atoms with Crippen LogP contribution in [0.1, 0.15) is 49.9 Å². The highest BCUT2D eigenvalue weighted by atomic mass is 32.1. The van der Waals surface area contributed by atoms with Crippen LogP contribution in [-0.2, 0) is 9.53 Å². The number of rotatable bonds is 7. The summed E-state index contributed by atoms with van der Waals surface area (Å²) in [5, 5.41) is 9.28. The lowest BCUT2D eigenvalue weighted by Gasteiger charge is -2.37. The van der Waals surface area contributed by atoms with Crippen LogP contribution in [0.4, 0.5) is 0 Å². The summed E-state index contributed by atoms with van der Waals surface area (Å²) in [7, 11) is 3.54. The van der Waals surface area contributed by atoms with Gasteiger partial charge < -0.3 is 20.3 Å². The van der Waals surface area contributed by atoms with Crippen molar-refractivity contribution in [1.29, 1.82) is 0 Å². The van der Waals surface area contributed by atoms with Gasteiger partial charge in [-0.15, -0.1) is 11.3 Å². The molecule has 1 aromatic rings. The molecule has 2 N–H and O–H groups in total. The number of nitrogens with one attached hydrogen (secondary N) is 2. The summed E-state index contributed by atoms with van der Waals surface area (Å²) in [5.74, 6) is 0.761. The van der Waals surface area contributed by atoms with E-state index in [0.29, 0.717) is 6.04 Å². The number of morpholine rings is 1. The molecule has 0 aromatic carbocycles. The highest BCUT2D eigenvalue weighted by Gasteiger charge is 2.27. The summed E-state index contributed by atoms with van der Waals surface area (Å²) in [4.78, 5) is 22.1. The monoisotopic (exact) mass is 435 g/mol. The molecule has 2 unspecified atom stereocenters. The molecule has 0 spiro atoms. The van der Waals surface area contributed by atoms with Gasteiger partial charge in [0.2, 0.25) is 5.91 Å². The molecule has 30 heavy (non-hydrogen) atoms. The minimum atomic E-state index is 0.0107. The molecule has 0 radical (unpaired) electrons. The summed E-state index contributed by atoms with van der Waals surface area (Å²) in [6.07, 6.45) is 6.39. The summed E-state index contributed by atoms with van der Waals surface area (Å²) >= 11 is 1.79. The van der Waals surface area contributed by atoms with E-state index in [1.165, 1.54) is 24.1 Å². The maximum absolute atomic E-state index is 12.1. The number of hydrogen-bond donors (Lipinski definition) is 2. The van der Waals surface area contributed by atoms with Crippen LogP contribution in [0.2, 0.25) is 0 Å². The van der Waals surface area contributed by atoms with E-state index >= 15 is 0 Å². The zero-order valence-electron chi connectivity index (χ0n) is 18.6. The minimum Gasteiger partial charge on any atom is -0.376 e. The molecule has 2 fully saturated rings. The van der Waals surface area contributed by atoms with Crippen LogP contribution < -0.4 is 10.6 Å². The zero-order chi connectivity index (χ0) is 21.3. The van der Waals surface area contributed by atoms with Crippen molar-refractivity contribution in [1.82, 2.24) is 20.4 Å². The van der Waals surface area contributed by atoms with Crippen molar-refractivity contribution in [2.75, 3.05) is 46.9 Å². The van der Waals surface area contributed by atoms with Gasteiger partial charge in [0.15, 0.2) is 5.96 Å². The van der Waals surface area contributed by atoms with Gasteiger partial charge in [-0.3, -0.25) is 9.69 Å². The molecule has 1 saturated carbocycles. The fourth-order valence-electron chi connectivity index (χ4n) is 4.09. The van der Waals surface area contributed by atoms with Crippen molar-refractivity contribution >= 4 is 23.2 Å². The topological polar surface area (TPSA) is 69.2 Å². The normalized spacial score (nSPS) is 22.5. The molecule has 1 amide bonds. The number of carbonyl (C=O) groups is 1. The lowest BCUT2D eigenvalue weighted by molar-refractivity contribution is -0.127. The number of hydrogen-bond acceptors (Lipinski definition) is 5. The fraction of sp³-hybridized carbons (Fsp3) is 0.727. The number of guanidine groups is 1. The maximum atomic E-state index is 12.1. The third kappa shape index (κ3) is 6.96. The summed E-state index contributed by atoms with van der Waals surface area (Å²) in [6, 6.07) is 5.02. The highest BCUT2D eigenvalue weighted by molar-refractivity contribution is 7.10. The predicted molar refractivity (Wildman–Crippen MR) is 123 cm³/mol. The van der Waals surface area contributed by atoms with Gasteiger partial charge in [-0.05, 0) is 31.2 Å². The highest BCUT2D eigenvalue weighted by Crippen LogP contribution is 2.26. The first-order valence-corrected chi connectivity index (χ1v) is 12.0. The van der Waals surface area contributed by atoms with Crippen LogP contribution in [0.15, 0.2) is 22.5 Å². The molecular formula is C22H37N5O2S. The first kappa shape index (κ1) is 23.0. The van der Waals surface area contributed by atoms with E-state index in [-0.39, 0.29) is 24.6 Å².